The van der Waals surface area contributed by atoms with Gasteiger partial charge in [-0.15, -0.1) is 0 Å². The maximum atomic E-state index is 12.8. The highest BCUT2D eigenvalue weighted by atomic mass is 16.2. The van der Waals surface area contributed by atoms with Crippen LogP contribution in [0.15, 0.2) is 60.4 Å². The monoisotopic (exact) mass is 389 g/mol. The largest absolute Gasteiger partial charge is 0.351 e. The molecule has 0 saturated carbocycles. The zero-order valence-electron chi connectivity index (χ0n) is 16.9. The number of nitrogens with one attached hydrogen (secondary N) is 1. The van der Waals surface area contributed by atoms with Crippen molar-refractivity contribution in [1.82, 2.24) is 15.2 Å². The van der Waals surface area contributed by atoms with Gasteiger partial charge >= 0.3 is 0 Å². The lowest BCUT2D eigenvalue weighted by Crippen LogP contribution is -2.50. The Morgan fingerprint density at radius 1 is 1.17 bits per heavy atom. The number of pyridine rings is 1. The lowest BCUT2D eigenvalue weighted by atomic mass is 9.69. The molecule has 5 nitrogen and oxygen atoms in total. The smallest absolute Gasteiger partial charge is 0.253 e. The van der Waals surface area contributed by atoms with E-state index in [1.807, 2.05) is 30.0 Å². The van der Waals surface area contributed by atoms with Crippen LogP contribution in [-0.4, -0.2) is 28.2 Å². The van der Waals surface area contributed by atoms with Crippen LogP contribution >= 0.6 is 0 Å². The fourth-order valence-electron chi connectivity index (χ4n) is 4.56. The highest BCUT2D eigenvalue weighted by Crippen LogP contribution is 2.46. The van der Waals surface area contributed by atoms with Crippen LogP contribution in [0.2, 0.25) is 0 Å². The maximum absolute atomic E-state index is 12.8. The van der Waals surface area contributed by atoms with Crippen LogP contribution in [-0.2, 0) is 11.3 Å². The van der Waals surface area contributed by atoms with Crippen LogP contribution in [0.1, 0.15) is 53.7 Å². The summed E-state index contributed by atoms with van der Waals surface area (Å²) < 4.78 is 0. The molecule has 0 bridgehead atoms. The number of carbonyl (C=O) groups is 2. The lowest BCUT2D eigenvalue weighted by Gasteiger charge is -2.47. The molecule has 29 heavy (non-hydrogen) atoms. The summed E-state index contributed by atoms with van der Waals surface area (Å²) in [6, 6.07) is 13.7. The second-order valence-electron chi connectivity index (χ2n) is 8.05. The Balaban J connectivity index is 1.55. The molecule has 0 radical (unpaired) electrons. The molecule has 0 unspecified atom stereocenters. The van der Waals surface area contributed by atoms with Crippen LogP contribution in [0.3, 0.4) is 0 Å². The number of amides is 2. The summed E-state index contributed by atoms with van der Waals surface area (Å²) in [5, 5.41) is 3.14. The van der Waals surface area contributed by atoms with Gasteiger partial charge in [-0.1, -0.05) is 36.4 Å². The standard InChI is InChI=1S/C24H27N3O2/c1-18-20(10-7-15-25-18)23(29)26-17-24-13-6-5-11-21(24)27(22(28)12-14-24)16-19-8-3-2-4-9-19/h2-4,7-11,15H,5-6,12-14,16-17H2,1H3,(H,26,29)/t24-/m0/s1. The Morgan fingerprint density at radius 2 is 2.00 bits per heavy atom. The quantitative estimate of drug-likeness (QED) is 0.841. The van der Waals surface area contributed by atoms with Gasteiger partial charge in [0.2, 0.25) is 5.91 Å². The number of aromatic nitrogens is 1. The molecule has 1 atom stereocenters. The molecule has 0 spiro atoms. The molecule has 2 heterocycles. The zero-order chi connectivity index (χ0) is 20.3. The van der Waals surface area contributed by atoms with Crippen molar-refractivity contribution in [3.05, 3.63) is 77.3 Å². The van der Waals surface area contributed by atoms with E-state index in [0.29, 0.717) is 25.1 Å². The zero-order valence-corrected chi connectivity index (χ0v) is 16.9. The number of piperidine rings is 1. The summed E-state index contributed by atoms with van der Waals surface area (Å²) in [6.45, 7) is 2.98. The molecule has 1 aliphatic heterocycles. The highest BCUT2D eigenvalue weighted by Gasteiger charge is 2.44. The fourth-order valence-corrected chi connectivity index (χ4v) is 4.56. The van der Waals surface area contributed by atoms with E-state index < -0.39 is 0 Å². The molecule has 1 fully saturated rings. The van der Waals surface area contributed by atoms with Gasteiger partial charge in [0, 0.05) is 36.0 Å². The van der Waals surface area contributed by atoms with E-state index in [4.69, 9.17) is 0 Å². The van der Waals surface area contributed by atoms with Crippen molar-refractivity contribution in [2.75, 3.05) is 6.54 Å². The van der Waals surface area contributed by atoms with Crippen molar-refractivity contribution in [1.29, 1.82) is 0 Å². The minimum Gasteiger partial charge on any atom is -0.351 e. The average Bonchev–Trinajstić information content (AvgIpc) is 2.75. The van der Waals surface area contributed by atoms with Crippen molar-refractivity contribution in [3.63, 3.8) is 0 Å². The minimum absolute atomic E-state index is 0.0959. The topological polar surface area (TPSA) is 62.3 Å². The Labute approximate surface area is 171 Å². The molecule has 1 N–H and O–H groups in total. The Hall–Kier alpha value is -2.95. The van der Waals surface area contributed by atoms with Gasteiger partial charge in [0.1, 0.15) is 0 Å². The first-order chi connectivity index (χ1) is 14.1. The molecule has 5 heteroatoms. The molecule has 1 aromatic heterocycles. The molecule has 150 valence electrons. The predicted octanol–water partition coefficient (Wildman–Crippen LogP) is 4.00. The van der Waals surface area contributed by atoms with Crippen LogP contribution in [0.5, 0.6) is 0 Å². The van der Waals surface area contributed by atoms with Crippen LogP contribution < -0.4 is 5.32 Å². The van der Waals surface area contributed by atoms with Gasteiger partial charge in [-0.05, 0) is 50.3 Å². The van der Waals surface area contributed by atoms with E-state index in [-0.39, 0.29) is 17.2 Å². The van der Waals surface area contributed by atoms with Gasteiger partial charge in [-0.2, -0.15) is 0 Å². The summed E-state index contributed by atoms with van der Waals surface area (Å²) in [5.74, 6) is 0.0773. The van der Waals surface area contributed by atoms with Crippen LogP contribution in [0, 0.1) is 12.3 Å². The summed E-state index contributed by atoms with van der Waals surface area (Å²) in [5.41, 5.74) is 3.38. The first-order valence-corrected chi connectivity index (χ1v) is 10.3. The van der Waals surface area contributed by atoms with Crippen molar-refractivity contribution in [3.8, 4) is 0 Å². The highest BCUT2D eigenvalue weighted by molar-refractivity contribution is 5.95. The first kappa shape index (κ1) is 19.4. The lowest BCUT2D eigenvalue weighted by molar-refractivity contribution is -0.134. The van der Waals surface area contributed by atoms with Crippen LogP contribution in [0.25, 0.3) is 0 Å². The number of fused-ring (bicyclic) bond motifs is 1. The van der Waals surface area contributed by atoms with E-state index in [2.05, 4.69) is 28.5 Å². The molecule has 2 aliphatic rings. The third-order valence-corrected chi connectivity index (χ3v) is 6.17. The van der Waals surface area contributed by atoms with Crippen molar-refractivity contribution < 1.29 is 9.59 Å². The third kappa shape index (κ3) is 3.95. The summed E-state index contributed by atoms with van der Waals surface area (Å²) in [4.78, 5) is 31.7. The molecule has 1 aliphatic carbocycles. The summed E-state index contributed by atoms with van der Waals surface area (Å²) in [6.07, 6.45) is 8.26. The second kappa shape index (κ2) is 8.19. The number of rotatable bonds is 5. The first-order valence-electron chi connectivity index (χ1n) is 10.3. The van der Waals surface area contributed by atoms with E-state index in [0.717, 1.165) is 42.6 Å². The van der Waals surface area contributed by atoms with E-state index in [1.54, 1.807) is 18.3 Å². The minimum atomic E-state index is -0.174. The molecule has 2 aromatic rings. The number of benzene rings is 1. The summed E-state index contributed by atoms with van der Waals surface area (Å²) >= 11 is 0. The average molecular weight is 389 g/mol. The van der Waals surface area contributed by atoms with Gasteiger partial charge < -0.3 is 10.2 Å². The summed E-state index contributed by atoms with van der Waals surface area (Å²) in [7, 11) is 0. The van der Waals surface area contributed by atoms with Gasteiger partial charge in [-0.3, -0.25) is 14.6 Å². The van der Waals surface area contributed by atoms with Gasteiger partial charge in [0.25, 0.3) is 5.91 Å². The molecule has 1 saturated heterocycles. The number of hydrogen-bond donors (Lipinski definition) is 1. The molecule has 1 aromatic carbocycles. The number of allylic oxidation sites excluding steroid dienone is 1. The van der Waals surface area contributed by atoms with Crippen molar-refractivity contribution in [2.24, 2.45) is 5.41 Å². The number of aryl methyl sites for hydroxylation is 1. The van der Waals surface area contributed by atoms with E-state index in [1.165, 1.54) is 0 Å². The Kier molecular flexibility index (Phi) is 5.47. The number of hydrogen-bond acceptors (Lipinski definition) is 3. The third-order valence-electron chi connectivity index (χ3n) is 6.17. The number of carbonyl (C=O) groups excluding carboxylic acids is 2. The predicted molar refractivity (Wildman–Crippen MR) is 112 cm³/mol. The van der Waals surface area contributed by atoms with E-state index in [9.17, 15) is 9.59 Å². The van der Waals surface area contributed by atoms with E-state index >= 15 is 0 Å². The normalized spacial score (nSPS) is 21.3. The fraction of sp³-hybridized carbons (Fsp3) is 0.375. The van der Waals surface area contributed by atoms with Gasteiger partial charge in [0.05, 0.1) is 12.1 Å². The maximum Gasteiger partial charge on any atom is 0.253 e. The van der Waals surface area contributed by atoms with Crippen molar-refractivity contribution in [2.45, 2.75) is 45.6 Å². The molecule has 2 amide bonds. The Bertz CT molecular complexity index is 938. The Morgan fingerprint density at radius 3 is 2.79 bits per heavy atom. The van der Waals surface area contributed by atoms with Crippen LogP contribution in [0.4, 0.5) is 0 Å². The second-order valence-corrected chi connectivity index (χ2v) is 8.05. The molecule has 4 rings (SSSR count). The molecular formula is C24H27N3O2. The van der Waals surface area contributed by atoms with Gasteiger partial charge in [0.15, 0.2) is 0 Å². The number of likely N-dealkylation sites (tertiary alicyclic amines) is 1. The number of nitrogens with zero attached hydrogens (tertiary/aromatic N) is 2. The van der Waals surface area contributed by atoms with Crippen molar-refractivity contribution >= 4 is 11.8 Å². The van der Waals surface area contributed by atoms with Gasteiger partial charge in [-0.25, -0.2) is 0 Å². The SMILES string of the molecule is Cc1ncccc1C(=O)NC[C@@]12CCCC=C1N(Cc1ccccc1)C(=O)CC2. The molecular weight excluding hydrogens is 362 g/mol.